The monoisotopic (exact) mass is 404 g/mol. The minimum atomic E-state index is -5.91. The molecule has 0 N–H and O–H groups in total. The minimum Gasteiger partial charge on any atom is -0.467 e. The molecule has 0 aliphatic carbocycles. The van der Waals surface area contributed by atoms with Gasteiger partial charge >= 0.3 is 18.1 Å². The molecule has 0 spiro atoms. The summed E-state index contributed by atoms with van der Waals surface area (Å²) in [5.41, 5.74) is -1.36. The lowest BCUT2D eigenvalue weighted by atomic mass is 10.1. The first-order chi connectivity index (χ1) is 10.5. The standard InChI is InChI=1S/C12H18ClF5O5S/c1-9(2,23-4)7-24(20,21)10(13,8(19)22-3)5-6-11(14,15)12(16,17)18/h5-7H2,1-4H3. The Morgan fingerprint density at radius 3 is 1.83 bits per heavy atom. The molecule has 0 aliphatic rings. The van der Waals surface area contributed by atoms with E-state index in [1.807, 2.05) is 0 Å². The van der Waals surface area contributed by atoms with Crippen LogP contribution in [-0.2, 0) is 24.1 Å². The molecular weight excluding hydrogens is 387 g/mol. The molecule has 0 saturated carbocycles. The van der Waals surface area contributed by atoms with E-state index in [1.54, 1.807) is 0 Å². The van der Waals surface area contributed by atoms with Crippen molar-refractivity contribution in [2.45, 2.75) is 48.6 Å². The average molecular weight is 405 g/mol. The molecular formula is C12H18ClF5O5S. The number of sulfone groups is 1. The fourth-order valence-electron chi connectivity index (χ4n) is 1.63. The Kier molecular flexibility index (Phi) is 7.08. The largest absolute Gasteiger partial charge is 0.467 e. The maximum atomic E-state index is 13.1. The van der Waals surface area contributed by atoms with Crippen molar-refractivity contribution in [3.63, 3.8) is 0 Å². The zero-order valence-corrected chi connectivity index (χ0v) is 14.9. The molecule has 0 aliphatic heterocycles. The van der Waals surface area contributed by atoms with Crippen LogP contribution in [-0.4, -0.2) is 56.3 Å². The van der Waals surface area contributed by atoms with E-state index in [0.717, 1.165) is 14.2 Å². The van der Waals surface area contributed by atoms with E-state index in [4.69, 9.17) is 16.3 Å². The van der Waals surface area contributed by atoms with Gasteiger partial charge in [-0.3, -0.25) is 0 Å². The van der Waals surface area contributed by atoms with E-state index in [0.29, 0.717) is 0 Å². The highest BCUT2D eigenvalue weighted by molar-refractivity contribution is 7.95. The number of halogens is 6. The average Bonchev–Trinajstić information content (AvgIpc) is 2.41. The van der Waals surface area contributed by atoms with Gasteiger partial charge in [0.15, 0.2) is 9.84 Å². The molecule has 0 saturated heterocycles. The highest BCUT2D eigenvalue weighted by Crippen LogP contribution is 2.43. The Morgan fingerprint density at radius 2 is 1.50 bits per heavy atom. The molecule has 5 nitrogen and oxygen atoms in total. The molecule has 1 unspecified atom stereocenters. The molecule has 0 aromatic rings. The van der Waals surface area contributed by atoms with Crippen molar-refractivity contribution in [3.05, 3.63) is 0 Å². The second-order valence-corrected chi connectivity index (χ2v) is 8.73. The number of methoxy groups -OCH3 is 2. The molecule has 1 atom stereocenters. The molecule has 0 aromatic carbocycles. The molecule has 0 radical (unpaired) electrons. The van der Waals surface area contributed by atoms with Gasteiger partial charge in [-0.05, 0) is 20.3 Å². The lowest BCUT2D eigenvalue weighted by molar-refractivity contribution is -0.284. The topological polar surface area (TPSA) is 69.7 Å². The SMILES string of the molecule is COC(=O)C(Cl)(CCC(F)(F)C(F)(F)F)S(=O)(=O)CC(C)(C)OC. The molecule has 0 heterocycles. The Morgan fingerprint density at radius 1 is 1.04 bits per heavy atom. The molecule has 0 amide bonds. The molecule has 0 aromatic heterocycles. The maximum absolute atomic E-state index is 13.1. The number of carbonyl (C=O) groups excluding carboxylic acids is 1. The smallest absolute Gasteiger partial charge is 0.453 e. The van der Waals surface area contributed by atoms with Crippen molar-refractivity contribution in [1.82, 2.24) is 0 Å². The van der Waals surface area contributed by atoms with Crippen molar-refractivity contribution in [2.24, 2.45) is 0 Å². The van der Waals surface area contributed by atoms with Gasteiger partial charge < -0.3 is 9.47 Å². The maximum Gasteiger partial charge on any atom is 0.453 e. The van der Waals surface area contributed by atoms with Crippen LogP contribution in [0.15, 0.2) is 0 Å². The predicted octanol–water partition coefficient (Wildman–Crippen LogP) is 2.91. The van der Waals surface area contributed by atoms with Crippen LogP contribution in [0.5, 0.6) is 0 Å². The third kappa shape index (κ3) is 5.16. The molecule has 0 rings (SSSR count). The Labute approximate surface area is 141 Å². The van der Waals surface area contributed by atoms with Gasteiger partial charge in [0, 0.05) is 13.5 Å². The van der Waals surface area contributed by atoms with Crippen LogP contribution >= 0.6 is 11.6 Å². The summed E-state index contributed by atoms with van der Waals surface area (Å²) in [5, 5.41) is 0. The van der Waals surface area contributed by atoms with Gasteiger partial charge in [-0.25, -0.2) is 13.2 Å². The first-order valence-corrected chi connectivity index (χ1v) is 8.48. The first-order valence-electron chi connectivity index (χ1n) is 6.45. The van der Waals surface area contributed by atoms with Gasteiger partial charge in [0.2, 0.25) is 4.21 Å². The molecule has 12 heteroatoms. The minimum absolute atomic E-state index is 0.734. The van der Waals surface area contributed by atoms with E-state index in [1.165, 1.54) is 13.8 Å². The van der Waals surface area contributed by atoms with Crippen molar-refractivity contribution in [1.29, 1.82) is 0 Å². The molecule has 144 valence electrons. The first kappa shape index (κ1) is 23.3. The van der Waals surface area contributed by atoms with Crippen LogP contribution in [0.2, 0.25) is 0 Å². The van der Waals surface area contributed by atoms with E-state index >= 15 is 0 Å². The van der Waals surface area contributed by atoms with E-state index in [9.17, 15) is 35.2 Å². The number of hydrogen-bond acceptors (Lipinski definition) is 5. The van der Waals surface area contributed by atoms with Crippen LogP contribution < -0.4 is 0 Å². The predicted molar refractivity (Wildman–Crippen MR) is 75.7 cm³/mol. The summed E-state index contributed by atoms with van der Waals surface area (Å²) < 4.78 is 93.5. The Hall–Kier alpha value is -0.680. The van der Waals surface area contributed by atoms with Crippen LogP contribution in [0.4, 0.5) is 22.0 Å². The third-order valence-electron chi connectivity index (χ3n) is 3.25. The van der Waals surface area contributed by atoms with E-state index in [-0.39, 0.29) is 0 Å². The summed E-state index contributed by atoms with van der Waals surface area (Å²) in [7, 11) is -2.82. The molecule has 24 heavy (non-hydrogen) atoms. The number of carbonyl (C=O) groups is 1. The lowest BCUT2D eigenvalue weighted by Gasteiger charge is -2.30. The van der Waals surface area contributed by atoms with E-state index < -0.39 is 56.3 Å². The zero-order valence-electron chi connectivity index (χ0n) is 13.3. The van der Waals surface area contributed by atoms with Gasteiger partial charge in [0.05, 0.1) is 18.5 Å². The molecule has 0 bridgehead atoms. The third-order valence-corrected chi connectivity index (χ3v) is 6.73. The summed E-state index contributed by atoms with van der Waals surface area (Å²) >= 11 is 5.68. The number of hydrogen-bond donors (Lipinski definition) is 0. The van der Waals surface area contributed by atoms with Crippen molar-refractivity contribution < 1.29 is 44.6 Å². The summed E-state index contributed by atoms with van der Waals surface area (Å²) in [6.07, 6.45) is -9.39. The van der Waals surface area contributed by atoms with Crippen molar-refractivity contribution >= 4 is 27.4 Å². The van der Waals surface area contributed by atoms with E-state index in [2.05, 4.69) is 4.74 Å². The number of alkyl halides is 6. The molecule has 0 fully saturated rings. The van der Waals surface area contributed by atoms with Crippen molar-refractivity contribution in [3.8, 4) is 0 Å². The fraction of sp³-hybridized carbons (Fsp3) is 0.917. The van der Waals surface area contributed by atoms with Gasteiger partial charge in [0.25, 0.3) is 0 Å². The summed E-state index contributed by atoms with van der Waals surface area (Å²) in [6, 6.07) is 0. The number of ether oxygens (including phenoxy) is 2. The number of rotatable bonds is 8. The quantitative estimate of drug-likeness (QED) is 0.353. The van der Waals surface area contributed by atoms with Gasteiger partial charge in [0.1, 0.15) is 0 Å². The van der Waals surface area contributed by atoms with Crippen LogP contribution in [0.3, 0.4) is 0 Å². The zero-order chi connectivity index (χ0) is 19.6. The lowest BCUT2D eigenvalue weighted by Crippen LogP contribution is -2.49. The fourth-order valence-corrected chi connectivity index (χ4v) is 3.97. The van der Waals surface area contributed by atoms with Crippen LogP contribution in [0.1, 0.15) is 26.7 Å². The highest BCUT2D eigenvalue weighted by Gasteiger charge is 2.60. The normalized spacial score (nSPS) is 16.6. The van der Waals surface area contributed by atoms with Gasteiger partial charge in [-0.2, -0.15) is 22.0 Å². The van der Waals surface area contributed by atoms with Gasteiger partial charge in [-0.1, -0.05) is 11.6 Å². The number of esters is 1. The summed E-state index contributed by atoms with van der Waals surface area (Å²) in [5.74, 6) is -7.76. The Bertz CT molecular complexity index is 561. The Balaban J connectivity index is 5.72. The second-order valence-electron chi connectivity index (χ2n) is 5.65. The highest BCUT2D eigenvalue weighted by atomic mass is 35.5. The van der Waals surface area contributed by atoms with Crippen LogP contribution in [0.25, 0.3) is 0 Å². The summed E-state index contributed by atoms with van der Waals surface area (Å²) in [4.78, 5) is 11.7. The van der Waals surface area contributed by atoms with Crippen molar-refractivity contribution in [2.75, 3.05) is 20.0 Å². The van der Waals surface area contributed by atoms with Crippen LogP contribution in [0, 0.1) is 0 Å². The van der Waals surface area contributed by atoms with Gasteiger partial charge in [-0.15, -0.1) is 0 Å². The summed E-state index contributed by atoms with van der Waals surface area (Å²) in [6.45, 7) is 2.62. The second kappa shape index (κ2) is 7.28.